The van der Waals surface area contributed by atoms with Gasteiger partial charge in [0.1, 0.15) is 15.5 Å². The van der Waals surface area contributed by atoms with E-state index in [0.717, 1.165) is 18.7 Å². The van der Waals surface area contributed by atoms with E-state index in [4.69, 9.17) is 4.74 Å². The maximum Gasteiger partial charge on any atom is 0.265 e. The summed E-state index contributed by atoms with van der Waals surface area (Å²) in [6.07, 6.45) is -0.184. The van der Waals surface area contributed by atoms with Gasteiger partial charge in [0.2, 0.25) is 0 Å². The lowest BCUT2D eigenvalue weighted by molar-refractivity contribution is -0.0255. The molecule has 0 spiro atoms. The van der Waals surface area contributed by atoms with Crippen LogP contribution in [0, 0.1) is 3.57 Å². The predicted octanol–water partition coefficient (Wildman–Crippen LogP) is 2.04. The summed E-state index contributed by atoms with van der Waals surface area (Å²) >= 11 is 2.04. The van der Waals surface area contributed by atoms with E-state index in [1.165, 1.54) is 0 Å². The fourth-order valence-corrected chi connectivity index (χ4v) is 2.93. The fourth-order valence-electron chi connectivity index (χ4n) is 2.36. The zero-order valence-electron chi connectivity index (χ0n) is 11.7. The molecule has 1 aromatic carbocycles. The molecule has 1 N–H and O–H groups in total. The fraction of sp³-hybridized carbons (Fsp3) is 0.333. The molecule has 0 saturated carbocycles. The summed E-state index contributed by atoms with van der Waals surface area (Å²) < 4.78 is 6.35. The number of likely N-dealkylation sites (N-methyl/N-ethyl adjacent to an activating group) is 1. The molecule has 2 heterocycles. The van der Waals surface area contributed by atoms with Crippen LogP contribution in [0.3, 0.4) is 0 Å². The first-order chi connectivity index (χ1) is 10.1. The largest absolute Gasteiger partial charge is 0.368 e. The second-order valence-corrected chi connectivity index (χ2v) is 6.18. The van der Waals surface area contributed by atoms with Gasteiger partial charge in [0.15, 0.2) is 0 Å². The molecule has 0 amide bonds. The van der Waals surface area contributed by atoms with Crippen molar-refractivity contribution in [1.82, 2.24) is 14.9 Å². The maximum atomic E-state index is 12.2. The van der Waals surface area contributed by atoms with Gasteiger partial charge in [-0.05, 0) is 29.6 Å². The number of hydrogen-bond donors (Lipinski definition) is 1. The SMILES string of the molecule is CN1CCOC(c2nc(-c3ccccc3)c(I)c(=O)[nH]2)C1. The summed E-state index contributed by atoms with van der Waals surface area (Å²) in [5.74, 6) is 0.603. The Morgan fingerprint density at radius 3 is 2.86 bits per heavy atom. The Morgan fingerprint density at radius 2 is 2.14 bits per heavy atom. The molecule has 5 nitrogen and oxygen atoms in total. The molecule has 0 radical (unpaired) electrons. The van der Waals surface area contributed by atoms with Crippen molar-refractivity contribution in [3.63, 3.8) is 0 Å². The van der Waals surface area contributed by atoms with Gasteiger partial charge in [-0.15, -0.1) is 0 Å². The van der Waals surface area contributed by atoms with E-state index in [1.54, 1.807) is 0 Å². The standard InChI is InChI=1S/C15H16IN3O2/c1-19-7-8-21-11(9-19)14-17-13(12(16)15(20)18-14)10-5-3-2-4-6-10/h2-6,11H,7-9H2,1H3,(H,17,18,20). The average molecular weight is 397 g/mol. The molecule has 1 atom stereocenters. The lowest BCUT2D eigenvalue weighted by Gasteiger charge is -2.29. The molecular weight excluding hydrogens is 381 g/mol. The molecule has 1 fully saturated rings. The number of aromatic nitrogens is 2. The Hall–Kier alpha value is -1.25. The lowest BCUT2D eigenvalue weighted by atomic mass is 10.1. The molecule has 3 rings (SSSR count). The lowest BCUT2D eigenvalue weighted by Crippen LogP contribution is -2.37. The molecule has 1 unspecified atom stereocenters. The van der Waals surface area contributed by atoms with Gasteiger partial charge >= 0.3 is 0 Å². The number of nitrogens with zero attached hydrogens (tertiary/aromatic N) is 2. The summed E-state index contributed by atoms with van der Waals surface area (Å²) in [4.78, 5) is 21.9. The zero-order chi connectivity index (χ0) is 14.8. The van der Waals surface area contributed by atoms with Crippen LogP contribution >= 0.6 is 22.6 Å². The van der Waals surface area contributed by atoms with Crippen LogP contribution in [0.2, 0.25) is 0 Å². The smallest absolute Gasteiger partial charge is 0.265 e. The van der Waals surface area contributed by atoms with Gasteiger partial charge in [0.25, 0.3) is 5.56 Å². The van der Waals surface area contributed by atoms with Crippen molar-refractivity contribution < 1.29 is 4.74 Å². The minimum atomic E-state index is -0.184. The molecule has 2 aromatic rings. The van der Waals surface area contributed by atoms with Crippen molar-refractivity contribution in [2.45, 2.75) is 6.10 Å². The van der Waals surface area contributed by atoms with E-state index in [9.17, 15) is 4.79 Å². The van der Waals surface area contributed by atoms with Crippen LogP contribution in [0.1, 0.15) is 11.9 Å². The number of aromatic amines is 1. The highest BCUT2D eigenvalue weighted by Crippen LogP contribution is 2.24. The van der Waals surface area contributed by atoms with Crippen molar-refractivity contribution in [3.05, 3.63) is 50.1 Å². The van der Waals surface area contributed by atoms with Crippen LogP contribution in [-0.4, -0.2) is 41.6 Å². The van der Waals surface area contributed by atoms with Crippen molar-refractivity contribution in [1.29, 1.82) is 0 Å². The summed E-state index contributed by atoms with van der Waals surface area (Å²) in [5.41, 5.74) is 1.54. The predicted molar refractivity (Wildman–Crippen MR) is 89.2 cm³/mol. The molecule has 1 aromatic heterocycles. The van der Waals surface area contributed by atoms with Gasteiger partial charge in [-0.2, -0.15) is 0 Å². The second-order valence-electron chi connectivity index (χ2n) is 5.10. The molecule has 6 heteroatoms. The first-order valence-electron chi connectivity index (χ1n) is 6.80. The summed E-state index contributed by atoms with van der Waals surface area (Å²) in [5, 5.41) is 0. The van der Waals surface area contributed by atoms with Crippen molar-refractivity contribution in [2.24, 2.45) is 0 Å². The zero-order valence-corrected chi connectivity index (χ0v) is 13.8. The molecular formula is C15H16IN3O2. The van der Waals surface area contributed by atoms with E-state index < -0.39 is 0 Å². The van der Waals surface area contributed by atoms with Crippen molar-refractivity contribution in [3.8, 4) is 11.3 Å². The van der Waals surface area contributed by atoms with Crippen molar-refractivity contribution >= 4 is 22.6 Å². The summed E-state index contributed by atoms with van der Waals surface area (Å²) in [6, 6.07) is 9.75. The Morgan fingerprint density at radius 1 is 1.38 bits per heavy atom. The highest BCUT2D eigenvalue weighted by molar-refractivity contribution is 14.1. The maximum absolute atomic E-state index is 12.2. The number of rotatable bonds is 2. The quantitative estimate of drug-likeness (QED) is 0.789. The van der Waals surface area contributed by atoms with E-state index in [2.05, 4.69) is 14.9 Å². The van der Waals surface area contributed by atoms with Gasteiger partial charge in [0, 0.05) is 18.7 Å². The number of hydrogen-bond acceptors (Lipinski definition) is 4. The van der Waals surface area contributed by atoms with Crippen LogP contribution in [0.25, 0.3) is 11.3 Å². The molecule has 1 saturated heterocycles. The number of benzene rings is 1. The summed E-state index contributed by atoms with van der Waals surface area (Å²) in [6.45, 7) is 2.28. The van der Waals surface area contributed by atoms with E-state index in [-0.39, 0.29) is 11.7 Å². The number of ether oxygens (including phenoxy) is 1. The molecule has 110 valence electrons. The number of morpholine rings is 1. The normalized spacial score (nSPS) is 19.6. The van der Waals surface area contributed by atoms with E-state index >= 15 is 0 Å². The highest BCUT2D eigenvalue weighted by Gasteiger charge is 2.23. The third-order valence-corrected chi connectivity index (χ3v) is 4.50. The molecule has 0 aliphatic carbocycles. The monoisotopic (exact) mass is 397 g/mol. The average Bonchev–Trinajstić information content (AvgIpc) is 2.51. The van der Waals surface area contributed by atoms with Crippen LogP contribution in [0.4, 0.5) is 0 Å². The van der Waals surface area contributed by atoms with Gasteiger partial charge in [-0.1, -0.05) is 30.3 Å². The van der Waals surface area contributed by atoms with Gasteiger partial charge < -0.3 is 14.6 Å². The first kappa shape index (κ1) is 14.7. The van der Waals surface area contributed by atoms with Crippen LogP contribution in [0.5, 0.6) is 0 Å². The van der Waals surface area contributed by atoms with Crippen molar-refractivity contribution in [2.75, 3.05) is 26.7 Å². The van der Waals surface area contributed by atoms with E-state index in [1.807, 2.05) is 60.0 Å². The Kier molecular flexibility index (Phi) is 4.37. The minimum Gasteiger partial charge on any atom is -0.368 e. The first-order valence-corrected chi connectivity index (χ1v) is 7.88. The van der Waals surface area contributed by atoms with Gasteiger partial charge in [-0.3, -0.25) is 4.79 Å². The number of nitrogens with one attached hydrogen (secondary N) is 1. The van der Waals surface area contributed by atoms with Crippen LogP contribution in [0.15, 0.2) is 35.1 Å². The summed E-state index contributed by atoms with van der Waals surface area (Å²) in [7, 11) is 2.04. The number of H-pyrrole nitrogens is 1. The molecule has 1 aliphatic rings. The third-order valence-electron chi connectivity index (χ3n) is 3.50. The Balaban J connectivity index is 2.04. The highest BCUT2D eigenvalue weighted by atomic mass is 127. The van der Waals surface area contributed by atoms with Gasteiger partial charge in [-0.25, -0.2) is 4.98 Å². The Labute approximate surface area is 136 Å². The minimum absolute atomic E-state index is 0.115. The molecule has 21 heavy (non-hydrogen) atoms. The van der Waals surface area contributed by atoms with Gasteiger partial charge in [0.05, 0.1) is 12.3 Å². The van der Waals surface area contributed by atoms with Crippen LogP contribution < -0.4 is 5.56 Å². The van der Waals surface area contributed by atoms with Crippen LogP contribution in [-0.2, 0) is 4.74 Å². The van der Waals surface area contributed by atoms with E-state index in [0.29, 0.717) is 21.7 Å². The number of halogens is 1. The molecule has 1 aliphatic heterocycles. The topological polar surface area (TPSA) is 58.2 Å². The molecule has 0 bridgehead atoms. The second kappa shape index (κ2) is 6.25. The Bertz CT molecular complexity index is 687. The third kappa shape index (κ3) is 3.17.